The highest BCUT2D eigenvalue weighted by molar-refractivity contribution is 7.12. The van der Waals surface area contributed by atoms with Gasteiger partial charge in [-0.1, -0.05) is 6.07 Å². The van der Waals surface area contributed by atoms with Gasteiger partial charge in [0.25, 0.3) is 11.5 Å². The first kappa shape index (κ1) is 15.5. The van der Waals surface area contributed by atoms with E-state index in [1.165, 1.54) is 11.3 Å². The lowest BCUT2D eigenvalue weighted by Gasteiger charge is -2.18. The second-order valence-electron chi connectivity index (χ2n) is 5.45. The summed E-state index contributed by atoms with van der Waals surface area (Å²) in [5, 5.41) is 2.89. The van der Waals surface area contributed by atoms with E-state index in [9.17, 15) is 9.59 Å². The fourth-order valence-electron chi connectivity index (χ4n) is 2.75. The van der Waals surface area contributed by atoms with Crippen molar-refractivity contribution >= 4 is 33.8 Å². The monoisotopic (exact) mass is 326 g/mol. The second kappa shape index (κ2) is 6.01. The number of nitrogens with zero attached hydrogens (tertiary/aromatic N) is 2. The Morgan fingerprint density at radius 1 is 1.26 bits per heavy atom. The van der Waals surface area contributed by atoms with Crippen molar-refractivity contribution in [1.82, 2.24) is 4.57 Å². The van der Waals surface area contributed by atoms with E-state index in [1.807, 2.05) is 49.6 Å². The summed E-state index contributed by atoms with van der Waals surface area (Å²) in [6.45, 7) is 4.50. The van der Waals surface area contributed by atoms with Gasteiger partial charge in [0, 0.05) is 30.7 Å². The highest BCUT2D eigenvalue weighted by Crippen LogP contribution is 2.25. The van der Waals surface area contributed by atoms with Crippen LogP contribution in [-0.2, 0) is 6.54 Å². The number of pyridine rings is 1. The lowest BCUT2D eigenvalue weighted by Crippen LogP contribution is -2.25. The van der Waals surface area contributed by atoms with E-state index in [4.69, 9.17) is 0 Å². The lowest BCUT2D eigenvalue weighted by atomic mass is 10.1. The van der Waals surface area contributed by atoms with Crippen molar-refractivity contribution in [3.05, 3.63) is 62.6 Å². The van der Waals surface area contributed by atoms with Crippen LogP contribution in [0.4, 0.5) is 5.69 Å². The van der Waals surface area contributed by atoms with E-state index in [1.54, 1.807) is 22.6 Å². The molecule has 2 aromatic heterocycles. The van der Waals surface area contributed by atoms with Crippen LogP contribution >= 0.6 is 11.3 Å². The SMILES string of the molecule is CCn1c(=O)cc(C)c2cc(N(C)C(=O)c3cccs3)ccc21. The average molecular weight is 326 g/mol. The predicted octanol–water partition coefficient (Wildman–Crippen LogP) is 3.67. The standard InChI is InChI=1S/C18H18N2O2S/c1-4-20-15-8-7-13(11-14(15)12(2)10-17(20)21)19(3)18(22)16-6-5-9-23-16/h5-11H,4H2,1-3H3. The molecule has 0 atom stereocenters. The molecule has 0 spiro atoms. The van der Waals surface area contributed by atoms with Crippen LogP contribution in [0, 0.1) is 6.92 Å². The summed E-state index contributed by atoms with van der Waals surface area (Å²) in [5.41, 5.74) is 2.65. The third-order valence-corrected chi connectivity index (χ3v) is 4.90. The van der Waals surface area contributed by atoms with Gasteiger partial charge in [-0.2, -0.15) is 0 Å². The zero-order chi connectivity index (χ0) is 16.6. The van der Waals surface area contributed by atoms with Crippen LogP contribution in [-0.4, -0.2) is 17.5 Å². The summed E-state index contributed by atoms with van der Waals surface area (Å²) in [6.07, 6.45) is 0. The van der Waals surface area contributed by atoms with Gasteiger partial charge in [-0.05, 0) is 49.1 Å². The Morgan fingerprint density at radius 2 is 2.04 bits per heavy atom. The smallest absolute Gasteiger partial charge is 0.268 e. The Kier molecular flexibility index (Phi) is 4.05. The van der Waals surface area contributed by atoms with E-state index in [-0.39, 0.29) is 11.5 Å². The molecule has 0 unspecified atom stereocenters. The number of benzene rings is 1. The number of carbonyl (C=O) groups excluding carboxylic acids is 1. The third kappa shape index (κ3) is 2.68. The molecule has 2 heterocycles. The number of amides is 1. The minimum atomic E-state index is -0.0270. The molecule has 4 nitrogen and oxygen atoms in total. The number of anilines is 1. The van der Waals surface area contributed by atoms with Crippen LogP contribution in [0.15, 0.2) is 46.6 Å². The van der Waals surface area contributed by atoms with Gasteiger partial charge in [-0.3, -0.25) is 9.59 Å². The van der Waals surface area contributed by atoms with Crippen LogP contribution in [0.5, 0.6) is 0 Å². The Bertz CT molecular complexity index is 926. The number of hydrogen-bond donors (Lipinski definition) is 0. The van der Waals surface area contributed by atoms with Gasteiger partial charge in [-0.25, -0.2) is 0 Å². The van der Waals surface area contributed by atoms with Crippen molar-refractivity contribution in [2.75, 3.05) is 11.9 Å². The summed E-state index contributed by atoms with van der Waals surface area (Å²) in [4.78, 5) is 26.9. The number of carbonyl (C=O) groups is 1. The molecule has 0 saturated heterocycles. The molecule has 5 heteroatoms. The van der Waals surface area contributed by atoms with Gasteiger partial charge >= 0.3 is 0 Å². The van der Waals surface area contributed by atoms with Crippen molar-refractivity contribution in [2.24, 2.45) is 0 Å². The maximum absolute atomic E-state index is 12.5. The summed E-state index contributed by atoms with van der Waals surface area (Å²) in [6, 6.07) is 11.1. The van der Waals surface area contributed by atoms with Crippen molar-refractivity contribution in [3.8, 4) is 0 Å². The number of rotatable bonds is 3. The van der Waals surface area contributed by atoms with E-state index in [0.717, 1.165) is 22.2 Å². The topological polar surface area (TPSA) is 42.3 Å². The fourth-order valence-corrected chi connectivity index (χ4v) is 3.45. The number of thiophene rings is 1. The molecule has 0 saturated carbocycles. The van der Waals surface area contributed by atoms with Crippen LogP contribution in [0.3, 0.4) is 0 Å². The van der Waals surface area contributed by atoms with Crippen LogP contribution in [0.2, 0.25) is 0 Å². The molecule has 1 amide bonds. The molecule has 118 valence electrons. The minimum Gasteiger partial charge on any atom is -0.311 e. The highest BCUT2D eigenvalue weighted by atomic mass is 32.1. The van der Waals surface area contributed by atoms with Gasteiger partial charge in [0.2, 0.25) is 0 Å². The van der Waals surface area contributed by atoms with Crippen LogP contribution in [0.25, 0.3) is 10.9 Å². The molecule has 0 fully saturated rings. The average Bonchev–Trinajstić information content (AvgIpc) is 3.08. The molecule has 0 bridgehead atoms. The van der Waals surface area contributed by atoms with E-state index in [0.29, 0.717) is 11.4 Å². The fraction of sp³-hybridized carbons (Fsp3) is 0.222. The predicted molar refractivity (Wildman–Crippen MR) is 95.7 cm³/mol. The molecular formula is C18H18N2O2S. The molecule has 0 aliphatic heterocycles. The summed E-state index contributed by atoms with van der Waals surface area (Å²) < 4.78 is 1.74. The summed E-state index contributed by atoms with van der Waals surface area (Å²) >= 11 is 1.43. The zero-order valence-electron chi connectivity index (χ0n) is 13.4. The highest BCUT2D eigenvalue weighted by Gasteiger charge is 2.15. The Balaban J connectivity index is 2.10. The largest absolute Gasteiger partial charge is 0.311 e. The molecule has 0 N–H and O–H groups in total. The van der Waals surface area contributed by atoms with Gasteiger partial charge in [-0.15, -0.1) is 11.3 Å². The maximum Gasteiger partial charge on any atom is 0.268 e. The lowest BCUT2D eigenvalue weighted by molar-refractivity contribution is 0.0997. The molecule has 3 rings (SSSR count). The number of aromatic nitrogens is 1. The first-order valence-corrected chi connectivity index (χ1v) is 8.36. The quantitative estimate of drug-likeness (QED) is 0.737. The molecular weight excluding hydrogens is 308 g/mol. The molecule has 0 aliphatic carbocycles. The van der Waals surface area contributed by atoms with Crippen molar-refractivity contribution in [1.29, 1.82) is 0 Å². The Hall–Kier alpha value is -2.40. The van der Waals surface area contributed by atoms with Crippen molar-refractivity contribution in [2.45, 2.75) is 20.4 Å². The van der Waals surface area contributed by atoms with Gasteiger partial charge < -0.3 is 9.47 Å². The third-order valence-electron chi connectivity index (χ3n) is 4.04. The number of fused-ring (bicyclic) bond motifs is 1. The summed E-state index contributed by atoms with van der Waals surface area (Å²) in [7, 11) is 1.77. The second-order valence-corrected chi connectivity index (χ2v) is 6.40. The normalized spacial score (nSPS) is 10.9. The molecule has 23 heavy (non-hydrogen) atoms. The Labute approximate surface area is 138 Å². The van der Waals surface area contributed by atoms with E-state index < -0.39 is 0 Å². The van der Waals surface area contributed by atoms with Gasteiger partial charge in [0.15, 0.2) is 0 Å². The summed E-state index contributed by atoms with van der Waals surface area (Å²) in [5.74, 6) is -0.0270. The molecule has 0 aliphatic rings. The van der Waals surface area contributed by atoms with E-state index >= 15 is 0 Å². The molecule has 1 aromatic carbocycles. The van der Waals surface area contributed by atoms with Crippen LogP contribution in [0.1, 0.15) is 22.2 Å². The number of hydrogen-bond acceptors (Lipinski definition) is 3. The van der Waals surface area contributed by atoms with Crippen molar-refractivity contribution < 1.29 is 4.79 Å². The van der Waals surface area contributed by atoms with Gasteiger partial charge in [0.05, 0.1) is 10.4 Å². The molecule has 0 radical (unpaired) electrons. The minimum absolute atomic E-state index is 0.00765. The van der Waals surface area contributed by atoms with Gasteiger partial charge in [0.1, 0.15) is 0 Å². The maximum atomic E-state index is 12.5. The zero-order valence-corrected chi connectivity index (χ0v) is 14.2. The van der Waals surface area contributed by atoms with Crippen LogP contribution < -0.4 is 10.5 Å². The number of aryl methyl sites for hydroxylation is 2. The van der Waals surface area contributed by atoms with Crippen molar-refractivity contribution in [3.63, 3.8) is 0 Å². The van der Waals surface area contributed by atoms with E-state index in [2.05, 4.69) is 0 Å². The molecule has 3 aromatic rings. The first-order chi connectivity index (χ1) is 11.0. The first-order valence-electron chi connectivity index (χ1n) is 7.48. The Morgan fingerprint density at radius 3 is 2.70 bits per heavy atom.